The lowest BCUT2D eigenvalue weighted by atomic mass is 9.93. The van der Waals surface area contributed by atoms with Crippen LogP contribution in [0.5, 0.6) is 5.75 Å². The molecule has 0 fully saturated rings. The molecule has 2 aromatic carbocycles. The van der Waals surface area contributed by atoms with Crippen molar-refractivity contribution in [3.05, 3.63) is 52.6 Å². The van der Waals surface area contributed by atoms with E-state index in [0.29, 0.717) is 18.0 Å². The van der Waals surface area contributed by atoms with Gasteiger partial charge in [-0.15, -0.1) is 0 Å². The second-order valence-electron chi connectivity index (χ2n) is 7.67. The molecule has 0 saturated carbocycles. The molecular weight excluding hydrogens is 410 g/mol. The van der Waals surface area contributed by atoms with Gasteiger partial charge in [0.2, 0.25) is 5.91 Å². The highest BCUT2D eigenvalue weighted by molar-refractivity contribution is 7.92. The molecule has 1 aliphatic heterocycles. The zero-order valence-corrected chi connectivity index (χ0v) is 17.7. The lowest BCUT2D eigenvalue weighted by Gasteiger charge is -2.27. The van der Waals surface area contributed by atoms with E-state index < -0.39 is 20.4 Å². The Morgan fingerprint density at radius 3 is 2.47 bits per heavy atom. The van der Waals surface area contributed by atoms with Crippen molar-refractivity contribution in [2.45, 2.75) is 32.1 Å². The topological polar surface area (TPSA) is 119 Å². The second-order valence-corrected chi connectivity index (χ2v) is 9.35. The number of anilines is 2. The first-order valence-electron chi connectivity index (χ1n) is 9.41. The van der Waals surface area contributed by atoms with E-state index in [9.17, 15) is 23.3 Å². The predicted molar refractivity (Wildman–Crippen MR) is 112 cm³/mol. The molecule has 1 aliphatic rings. The van der Waals surface area contributed by atoms with E-state index >= 15 is 0 Å². The summed E-state index contributed by atoms with van der Waals surface area (Å²) in [4.78, 5) is 24.6. The Hall–Kier alpha value is -3.14. The van der Waals surface area contributed by atoms with Crippen molar-refractivity contribution >= 4 is 33.0 Å². The van der Waals surface area contributed by atoms with Crippen LogP contribution in [0.25, 0.3) is 0 Å². The Morgan fingerprint density at radius 2 is 1.87 bits per heavy atom. The summed E-state index contributed by atoms with van der Waals surface area (Å²) in [6.07, 6.45) is 0.760. The van der Waals surface area contributed by atoms with Crippen molar-refractivity contribution in [2.75, 3.05) is 22.8 Å². The molecule has 1 amide bonds. The van der Waals surface area contributed by atoms with Gasteiger partial charge in [-0.1, -0.05) is 6.92 Å². The number of rotatable bonds is 6. The van der Waals surface area contributed by atoms with Gasteiger partial charge in [0.25, 0.3) is 15.7 Å². The number of carbonyl (C=O) groups excluding carboxylic acids is 1. The van der Waals surface area contributed by atoms with Gasteiger partial charge >= 0.3 is 0 Å². The summed E-state index contributed by atoms with van der Waals surface area (Å²) in [6.45, 7) is 6.27. The monoisotopic (exact) mass is 433 g/mol. The van der Waals surface area contributed by atoms with E-state index in [1.165, 1.54) is 18.2 Å². The largest absolute Gasteiger partial charge is 0.490 e. The van der Waals surface area contributed by atoms with Gasteiger partial charge in [-0.2, -0.15) is 0 Å². The Balaban J connectivity index is 1.91. The van der Waals surface area contributed by atoms with Crippen LogP contribution in [0.15, 0.2) is 47.4 Å². The maximum absolute atomic E-state index is 12.9. The number of hydrogen-bond donors (Lipinski definition) is 1. The number of carbonyl (C=O) groups is 1. The first-order valence-corrected chi connectivity index (χ1v) is 10.9. The van der Waals surface area contributed by atoms with E-state index in [1.807, 2.05) is 20.8 Å². The second kappa shape index (κ2) is 7.94. The van der Waals surface area contributed by atoms with Crippen molar-refractivity contribution < 1.29 is 22.9 Å². The van der Waals surface area contributed by atoms with E-state index in [2.05, 4.69) is 4.72 Å². The molecule has 0 atom stereocenters. The molecule has 2 aromatic rings. The van der Waals surface area contributed by atoms with Gasteiger partial charge in [0.1, 0.15) is 12.4 Å². The molecule has 0 unspecified atom stereocenters. The van der Waals surface area contributed by atoms with E-state index in [0.717, 1.165) is 18.6 Å². The van der Waals surface area contributed by atoms with Gasteiger partial charge in [-0.25, -0.2) is 8.42 Å². The molecule has 0 bridgehead atoms. The fourth-order valence-electron chi connectivity index (χ4n) is 3.12. The number of fused-ring (bicyclic) bond motifs is 1. The highest BCUT2D eigenvalue weighted by atomic mass is 32.2. The number of amides is 1. The summed E-state index contributed by atoms with van der Waals surface area (Å²) in [7, 11) is -3.96. The maximum Gasteiger partial charge on any atom is 0.269 e. The number of nitro benzene ring substituents is 1. The number of benzene rings is 2. The molecular formula is C20H23N3O6S. The molecule has 1 N–H and O–H groups in total. The highest BCUT2D eigenvalue weighted by Crippen LogP contribution is 2.38. The van der Waals surface area contributed by atoms with Crippen LogP contribution in [0.3, 0.4) is 0 Å². The number of hydrogen-bond acceptors (Lipinski definition) is 6. The molecule has 160 valence electrons. The Kier molecular flexibility index (Phi) is 5.71. The number of nitrogens with one attached hydrogen (secondary N) is 1. The van der Waals surface area contributed by atoms with Crippen LogP contribution in [-0.2, 0) is 14.8 Å². The van der Waals surface area contributed by atoms with E-state index in [-0.39, 0.29) is 28.8 Å². The average Bonchev–Trinajstić information content (AvgIpc) is 2.78. The summed E-state index contributed by atoms with van der Waals surface area (Å²) in [5.74, 6) is 0.355. The third kappa shape index (κ3) is 4.23. The molecule has 0 aliphatic carbocycles. The summed E-state index contributed by atoms with van der Waals surface area (Å²) in [6, 6.07) is 9.35. The summed E-state index contributed by atoms with van der Waals surface area (Å²) in [5.41, 5.74) is -0.0656. The average molecular weight is 433 g/mol. The van der Waals surface area contributed by atoms with Crippen LogP contribution in [0.1, 0.15) is 27.2 Å². The van der Waals surface area contributed by atoms with Crippen LogP contribution in [0, 0.1) is 15.5 Å². The molecule has 3 rings (SSSR count). The van der Waals surface area contributed by atoms with Crippen molar-refractivity contribution in [3.63, 3.8) is 0 Å². The number of nitrogens with zero attached hydrogens (tertiary/aromatic N) is 2. The minimum absolute atomic E-state index is 0.0534. The van der Waals surface area contributed by atoms with Crippen LogP contribution < -0.4 is 14.4 Å². The van der Waals surface area contributed by atoms with Gasteiger partial charge in [0.15, 0.2) is 0 Å². The fraction of sp³-hybridized carbons (Fsp3) is 0.350. The minimum atomic E-state index is -3.96. The van der Waals surface area contributed by atoms with Crippen molar-refractivity contribution in [1.82, 2.24) is 0 Å². The summed E-state index contributed by atoms with van der Waals surface area (Å²) in [5, 5.41) is 10.8. The van der Waals surface area contributed by atoms with Crippen LogP contribution in [0.4, 0.5) is 17.1 Å². The minimum Gasteiger partial charge on any atom is -0.490 e. The molecule has 30 heavy (non-hydrogen) atoms. The van der Waals surface area contributed by atoms with Gasteiger partial charge in [0, 0.05) is 24.7 Å². The molecule has 0 spiro atoms. The number of ether oxygens (including phenoxy) is 1. The van der Waals surface area contributed by atoms with E-state index in [1.54, 1.807) is 17.0 Å². The molecule has 0 radical (unpaired) electrons. The lowest BCUT2D eigenvalue weighted by molar-refractivity contribution is -0.384. The van der Waals surface area contributed by atoms with Crippen molar-refractivity contribution in [3.8, 4) is 5.75 Å². The van der Waals surface area contributed by atoms with Crippen LogP contribution in [-0.4, -0.2) is 32.4 Å². The Bertz CT molecular complexity index is 1080. The summed E-state index contributed by atoms with van der Waals surface area (Å²) < 4.78 is 33.6. The van der Waals surface area contributed by atoms with Gasteiger partial charge in [0.05, 0.1) is 26.6 Å². The zero-order chi connectivity index (χ0) is 22.1. The Morgan fingerprint density at radius 1 is 1.20 bits per heavy atom. The Labute approximate surface area is 174 Å². The quantitative estimate of drug-likeness (QED) is 0.550. The van der Waals surface area contributed by atoms with Crippen molar-refractivity contribution in [2.24, 2.45) is 5.41 Å². The third-order valence-corrected chi connectivity index (χ3v) is 6.12. The van der Waals surface area contributed by atoms with Crippen LogP contribution in [0.2, 0.25) is 0 Å². The number of sulfonamides is 1. The van der Waals surface area contributed by atoms with Gasteiger partial charge < -0.3 is 9.64 Å². The predicted octanol–water partition coefficient (Wildman–Crippen LogP) is 3.56. The molecule has 9 nitrogen and oxygen atoms in total. The molecule has 0 aromatic heterocycles. The van der Waals surface area contributed by atoms with Gasteiger partial charge in [-0.05, 0) is 44.5 Å². The first kappa shape index (κ1) is 21.6. The summed E-state index contributed by atoms with van der Waals surface area (Å²) >= 11 is 0. The normalized spacial score (nSPS) is 15.7. The highest BCUT2D eigenvalue weighted by Gasteiger charge is 2.37. The number of nitro groups is 1. The fourth-order valence-corrected chi connectivity index (χ4v) is 4.17. The standard InChI is InChI=1S/C20H23N3O6S/c1-4-11-22-17-10-5-14(12-18(17)29-13-20(2,3)19(22)24)21-30(27,28)16-8-6-15(7-9-16)23(25)26/h5-10,12,21H,4,11,13H2,1-3H3. The van der Waals surface area contributed by atoms with Crippen LogP contribution >= 0.6 is 0 Å². The zero-order valence-electron chi connectivity index (χ0n) is 16.9. The molecule has 1 heterocycles. The molecule has 10 heteroatoms. The SMILES string of the molecule is CCCN1C(=O)C(C)(C)COc2cc(NS(=O)(=O)c3ccc([N+](=O)[O-])cc3)ccc21. The first-order chi connectivity index (χ1) is 14.0. The van der Waals surface area contributed by atoms with Crippen molar-refractivity contribution in [1.29, 1.82) is 0 Å². The third-order valence-electron chi connectivity index (χ3n) is 4.72. The molecule has 0 saturated heterocycles. The smallest absolute Gasteiger partial charge is 0.269 e. The number of non-ortho nitro benzene ring substituents is 1. The maximum atomic E-state index is 12.9. The van der Waals surface area contributed by atoms with E-state index in [4.69, 9.17) is 4.74 Å². The van der Waals surface area contributed by atoms with Gasteiger partial charge in [-0.3, -0.25) is 19.6 Å². The lowest BCUT2D eigenvalue weighted by Crippen LogP contribution is -2.42.